The smallest absolute Gasteiger partial charge is 0.338 e. The van der Waals surface area contributed by atoms with E-state index in [1.165, 1.54) is 30.3 Å². The molecule has 0 bridgehead atoms. The van der Waals surface area contributed by atoms with Gasteiger partial charge in [-0.05, 0) is 54.3 Å². The predicted octanol–water partition coefficient (Wildman–Crippen LogP) is 4.29. The first-order valence-electron chi connectivity index (χ1n) is 10.7. The second-order valence-electron chi connectivity index (χ2n) is 8.36. The molecule has 3 aromatic carbocycles. The molecule has 1 aliphatic heterocycles. The normalized spacial score (nSPS) is 13.7. The van der Waals surface area contributed by atoms with Crippen LogP contribution in [0.3, 0.4) is 0 Å². The molecule has 0 aliphatic carbocycles. The Morgan fingerprint density at radius 3 is 2.38 bits per heavy atom. The number of rotatable bonds is 5. The van der Waals surface area contributed by atoms with Gasteiger partial charge in [-0.3, -0.25) is 9.59 Å². The molecule has 1 heterocycles. The molecule has 174 valence electrons. The van der Waals surface area contributed by atoms with Crippen LogP contribution in [0.1, 0.15) is 57.2 Å². The Labute approximate surface area is 197 Å². The highest BCUT2D eigenvalue weighted by molar-refractivity contribution is 7.91. The summed E-state index contributed by atoms with van der Waals surface area (Å²) in [5, 5.41) is 2.79. The largest absolute Gasteiger partial charge is 0.452 e. The number of fused-ring (bicyclic) bond motifs is 2. The Kier molecular flexibility index (Phi) is 6.10. The topological polar surface area (TPSA) is 107 Å². The molecule has 0 unspecified atom stereocenters. The zero-order chi connectivity index (χ0) is 24.6. The molecule has 8 heteroatoms. The van der Waals surface area contributed by atoms with Crippen molar-refractivity contribution in [2.75, 3.05) is 11.9 Å². The minimum absolute atomic E-state index is 0.00578. The van der Waals surface area contributed by atoms with Crippen LogP contribution in [-0.4, -0.2) is 32.7 Å². The lowest BCUT2D eigenvalue weighted by atomic mass is 9.98. The second-order valence-corrected chi connectivity index (χ2v) is 10.2. The number of nitrogens with one attached hydrogen (secondary N) is 1. The van der Waals surface area contributed by atoms with Crippen LogP contribution in [0, 0.1) is 6.92 Å². The summed E-state index contributed by atoms with van der Waals surface area (Å²) >= 11 is 0. The Hall–Kier alpha value is -3.78. The first-order valence-corrected chi connectivity index (χ1v) is 12.2. The lowest BCUT2D eigenvalue weighted by molar-refractivity contribution is -0.119. The SMILES string of the molecule is Cc1cccc(C(C)C)c1NC(=O)COC(=O)c1ccc2c(c1)S(=O)(=O)c1ccccc1C2=O. The number of ether oxygens (including phenoxy) is 1. The summed E-state index contributed by atoms with van der Waals surface area (Å²) in [6.07, 6.45) is 0. The third-order valence-corrected chi connectivity index (χ3v) is 7.55. The molecule has 0 radical (unpaired) electrons. The minimum Gasteiger partial charge on any atom is -0.452 e. The number of sulfone groups is 1. The van der Waals surface area contributed by atoms with Gasteiger partial charge in [0.05, 0.1) is 15.4 Å². The van der Waals surface area contributed by atoms with E-state index >= 15 is 0 Å². The Balaban J connectivity index is 1.52. The van der Waals surface area contributed by atoms with Crippen LogP contribution in [0.15, 0.2) is 70.5 Å². The van der Waals surface area contributed by atoms with E-state index in [0.717, 1.165) is 17.2 Å². The van der Waals surface area contributed by atoms with Crippen LogP contribution in [0.4, 0.5) is 5.69 Å². The van der Waals surface area contributed by atoms with E-state index in [4.69, 9.17) is 4.74 Å². The quantitative estimate of drug-likeness (QED) is 0.430. The van der Waals surface area contributed by atoms with Gasteiger partial charge in [0.15, 0.2) is 12.4 Å². The van der Waals surface area contributed by atoms with Crippen molar-refractivity contribution in [1.82, 2.24) is 0 Å². The van der Waals surface area contributed by atoms with Crippen LogP contribution < -0.4 is 5.32 Å². The van der Waals surface area contributed by atoms with E-state index in [1.54, 1.807) is 6.07 Å². The van der Waals surface area contributed by atoms with Crippen molar-refractivity contribution >= 4 is 33.2 Å². The summed E-state index contributed by atoms with van der Waals surface area (Å²) in [7, 11) is -3.99. The van der Waals surface area contributed by atoms with Gasteiger partial charge in [0, 0.05) is 16.8 Å². The van der Waals surface area contributed by atoms with Gasteiger partial charge < -0.3 is 10.1 Å². The van der Waals surface area contributed by atoms with Crippen molar-refractivity contribution in [2.45, 2.75) is 36.5 Å². The maximum atomic E-state index is 13.0. The number of hydrogen-bond acceptors (Lipinski definition) is 6. The number of benzene rings is 3. The Bertz CT molecular complexity index is 1440. The van der Waals surface area contributed by atoms with Crippen LogP contribution in [0.5, 0.6) is 0 Å². The molecule has 0 saturated heterocycles. The summed E-state index contributed by atoms with van der Waals surface area (Å²) in [5.41, 5.74) is 2.55. The predicted molar refractivity (Wildman–Crippen MR) is 126 cm³/mol. The van der Waals surface area contributed by atoms with Gasteiger partial charge in [-0.2, -0.15) is 0 Å². The summed E-state index contributed by atoms with van der Waals surface area (Å²) < 4.78 is 31.2. The number of ketones is 1. The van der Waals surface area contributed by atoms with Crippen molar-refractivity contribution in [2.24, 2.45) is 0 Å². The number of carbonyl (C=O) groups excluding carboxylic acids is 3. The van der Waals surface area contributed by atoms with Gasteiger partial charge in [-0.15, -0.1) is 0 Å². The molecule has 0 spiro atoms. The molecule has 4 rings (SSSR count). The maximum Gasteiger partial charge on any atom is 0.338 e. The van der Waals surface area contributed by atoms with E-state index < -0.39 is 34.1 Å². The number of carbonyl (C=O) groups is 3. The molecule has 1 amide bonds. The highest BCUT2D eigenvalue weighted by Gasteiger charge is 2.35. The van der Waals surface area contributed by atoms with Crippen LogP contribution in [0.25, 0.3) is 0 Å². The Morgan fingerprint density at radius 1 is 0.941 bits per heavy atom. The van der Waals surface area contributed by atoms with Crippen molar-refractivity contribution in [3.05, 3.63) is 88.5 Å². The monoisotopic (exact) mass is 477 g/mol. The highest BCUT2D eigenvalue weighted by atomic mass is 32.2. The zero-order valence-corrected chi connectivity index (χ0v) is 19.7. The lowest BCUT2D eigenvalue weighted by Crippen LogP contribution is -2.23. The van der Waals surface area contributed by atoms with E-state index in [1.807, 2.05) is 39.0 Å². The van der Waals surface area contributed by atoms with Gasteiger partial charge in [-0.1, -0.05) is 44.2 Å². The number of amides is 1. The third kappa shape index (κ3) is 4.12. The summed E-state index contributed by atoms with van der Waals surface area (Å²) in [6.45, 7) is 5.35. The lowest BCUT2D eigenvalue weighted by Gasteiger charge is -2.19. The van der Waals surface area contributed by atoms with Crippen molar-refractivity contribution in [1.29, 1.82) is 0 Å². The minimum atomic E-state index is -3.99. The van der Waals surface area contributed by atoms with Crippen LogP contribution in [0.2, 0.25) is 0 Å². The van der Waals surface area contributed by atoms with Gasteiger partial charge in [-0.25, -0.2) is 13.2 Å². The fraction of sp³-hybridized carbons (Fsp3) is 0.192. The zero-order valence-electron chi connectivity index (χ0n) is 18.9. The van der Waals surface area contributed by atoms with Crippen LogP contribution >= 0.6 is 0 Å². The summed E-state index contributed by atoms with van der Waals surface area (Å²) in [4.78, 5) is 37.4. The van der Waals surface area contributed by atoms with Crippen LogP contribution in [-0.2, 0) is 19.4 Å². The first kappa shape index (κ1) is 23.4. The van der Waals surface area contributed by atoms with E-state index in [0.29, 0.717) is 5.69 Å². The van der Waals surface area contributed by atoms with E-state index in [9.17, 15) is 22.8 Å². The molecular weight excluding hydrogens is 454 g/mol. The average Bonchev–Trinajstić information content (AvgIpc) is 2.82. The van der Waals surface area contributed by atoms with Gasteiger partial charge >= 0.3 is 5.97 Å². The molecule has 1 N–H and O–H groups in total. The van der Waals surface area contributed by atoms with E-state index in [2.05, 4.69) is 5.32 Å². The number of esters is 1. The molecule has 7 nitrogen and oxygen atoms in total. The van der Waals surface area contributed by atoms with E-state index in [-0.39, 0.29) is 32.4 Å². The first-order chi connectivity index (χ1) is 16.1. The molecule has 3 aromatic rings. The third-order valence-electron chi connectivity index (χ3n) is 5.70. The second kappa shape index (κ2) is 8.87. The molecular formula is C26H23NO6S. The molecule has 0 aromatic heterocycles. The average molecular weight is 478 g/mol. The highest BCUT2D eigenvalue weighted by Crippen LogP contribution is 2.35. The number of hydrogen-bond donors (Lipinski definition) is 1. The fourth-order valence-corrected chi connectivity index (χ4v) is 5.62. The molecule has 0 saturated carbocycles. The summed E-state index contributed by atoms with van der Waals surface area (Å²) in [5.74, 6) is -1.63. The number of anilines is 1. The van der Waals surface area contributed by atoms with Crippen molar-refractivity contribution < 1.29 is 27.5 Å². The maximum absolute atomic E-state index is 13.0. The fourth-order valence-electron chi connectivity index (χ4n) is 3.94. The standard InChI is InChI=1S/C26H23NO6S/c1-15(2)18-9-6-7-16(3)24(18)27-23(28)14-33-26(30)17-11-12-20-22(13-17)34(31,32)21-10-5-4-8-19(21)25(20)29/h4-13,15H,14H2,1-3H3,(H,27,28). The number of para-hydroxylation sites is 1. The molecule has 0 fully saturated rings. The summed E-state index contributed by atoms with van der Waals surface area (Å²) in [6, 6.07) is 15.4. The molecule has 1 aliphatic rings. The number of aryl methyl sites for hydroxylation is 1. The Morgan fingerprint density at radius 2 is 1.65 bits per heavy atom. The van der Waals surface area contributed by atoms with Crippen molar-refractivity contribution in [3.63, 3.8) is 0 Å². The van der Waals surface area contributed by atoms with Crippen molar-refractivity contribution in [3.8, 4) is 0 Å². The van der Waals surface area contributed by atoms with Gasteiger partial charge in [0.2, 0.25) is 9.84 Å². The van der Waals surface area contributed by atoms with Gasteiger partial charge in [0.25, 0.3) is 5.91 Å². The van der Waals surface area contributed by atoms with Gasteiger partial charge in [0.1, 0.15) is 0 Å². The molecule has 0 atom stereocenters. The molecule has 34 heavy (non-hydrogen) atoms.